The van der Waals surface area contributed by atoms with Crippen LogP contribution in [0.25, 0.3) is 16.9 Å². The van der Waals surface area contributed by atoms with Crippen LogP contribution < -0.4 is 0 Å². The van der Waals surface area contributed by atoms with E-state index < -0.39 is 0 Å². The zero-order valence-electron chi connectivity index (χ0n) is 8.81. The molecule has 18 heavy (non-hydrogen) atoms. The first-order chi connectivity index (χ1) is 8.66. The number of hydrogen-bond donors (Lipinski definition) is 0. The fourth-order valence-electron chi connectivity index (χ4n) is 1.67. The average Bonchev–Trinajstić information content (AvgIpc) is 2.77. The molecule has 90 valence electrons. The number of halogens is 3. The minimum absolute atomic E-state index is 0.301. The summed E-state index contributed by atoms with van der Waals surface area (Å²) in [5.74, 6) is 0.166. The Hall–Kier alpha value is -1.34. The maximum absolute atomic E-state index is 13.3. The summed E-state index contributed by atoms with van der Waals surface area (Å²) in [6, 6.07) is 6.29. The lowest BCUT2D eigenvalue weighted by Crippen LogP contribution is -1.98. The molecular weight excluding hydrogens is 367 g/mol. The van der Waals surface area contributed by atoms with Crippen molar-refractivity contribution >= 4 is 37.6 Å². The van der Waals surface area contributed by atoms with Crippen molar-refractivity contribution < 1.29 is 4.39 Å². The van der Waals surface area contributed by atoms with Crippen LogP contribution in [0.3, 0.4) is 0 Å². The van der Waals surface area contributed by atoms with Gasteiger partial charge in [0.2, 0.25) is 0 Å². The van der Waals surface area contributed by atoms with Crippen molar-refractivity contribution in [2.24, 2.45) is 0 Å². The molecule has 0 fully saturated rings. The molecule has 0 aliphatic heterocycles. The normalized spacial score (nSPS) is 11.1. The molecule has 0 unspecified atom stereocenters. The minimum atomic E-state index is -0.301. The third kappa shape index (κ3) is 1.83. The summed E-state index contributed by atoms with van der Waals surface area (Å²) >= 11 is 6.81. The highest BCUT2D eigenvalue weighted by molar-refractivity contribution is 9.11. The van der Waals surface area contributed by atoms with E-state index in [4.69, 9.17) is 0 Å². The van der Waals surface area contributed by atoms with E-state index in [9.17, 15) is 4.39 Å². The lowest BCUT2D eigenvalue weighted by molar-refractivity contribution is 0.628. The smallest absolute Gasteiger partial charge is 0.207 e. The number of hydrogen-bond acceptors (Lipinski definition) is 3. The van der Waals surface area contributed by atoms with Crippen molar-refractivity contribution in [2.75, 3.05) is 0 Å². The minimum Gasteiger partial charge on any atom is -0.207 e. The van der Waals surface area contributed by atoms with Crippen LogP contribution >= 0.6 is 31.9 Å². The molecule has 0 aliphatic rings. The van der Waals surface area contributed by atoms with E-state index >= 15 is 0 Å². The molecule has 3 aromatic rings. The van der Waals surface area contributed by atoms with Gasteiger partial charge in [-0.25, -0.2) is 9.37 Å². The van der Waals surface area contributed by atoms with E-state index in [0.717, 1.165) is 5.56 Å². The van der Waals surface area contributed by atoms with Gasteiger partial charge in [-0.1, -0.05) is 12.1 Å². The van der Waals surface area contributed by atoms with Gasteiger partial charge < -0.3 is 0 Å². The van der Waals surface area contributed by atoms with Gasteiger partial charge in [-0.05, 0) is 49.6 Å². The Morgan fingerprint density at radius 1 is 1.22 bits per heavy atom. The van der Waals surface area contributed by atoms with Gasteiger partial charge in [-0.15, -0.1) is 0 Å². The maximum atomic E-state index is 13.3. The molecule has 2 aromatic heterocycles. The molecule has 4 nitrogen and oxygen atoms in total. The average molecular weight is 372 g/mol. The largest absolute Gasteiger partial charge is 0.254 e. The van der Waals surface area contributed by atoms with Crippen LogP contribution in [0.5, 0.6) is 0 Å². The summed E-state index contributed by atoms with van der Waals surface area (Å²) in [6.45, 7) is 0. The second-order valence-electron chi connectivity index (χ2n) is 3.55. The van der Waals surface area contributed by atoms with Crippen molar-refractivity contribution in [3.63, 3.8) is 0 Å². The molecule has 2 heterocycles. The van der Waals surface area contributed by atoms with Gasteiger partial charge >= 0.3 is 0 Å². The lowest BCUT2D eigenvalue weighted by Gasteiger charge is -2.08. The van der Waals surface area contributed by atoms with E-state index in [1.807, 2.05) is 0 Å². The van der Waals surface area contributed by atoms with E-state index in [1.54, 1.807) is 16.6 Å². The number of benzene rings is 1. The Bertz CT molecular complexity index is 741. The number of rotatable bonds is 1. The number of nitrogens with zero attached hydrogens (tertiary/aromatic N) is 4. The summed E-state index contributed by atoms with van der Waals surface area (Å²) in [5, 5.41) is 4.05. The zero-order valence-corrected chi connectivity index (χ0v) is 12.0. The van der Waals surface area contributed by atoms with Crippen molar-refractivity contribution in [1.29, 1.82) is 0 Å². The predicted molar refractivity (Wildman–Crippen MR) is 71.6 cm³/mol. The molecule has 0 bridgehead atoms. The van der Waals surface area contributed by atoms with Gasteiger partial charge in [0.05, 0.1) is 0 Å². The quantitative estimate of drug-likeness (QED) is 0.615. The molecule has 0 saturated heterocycles. The van der Waals surface area contributed by atoms with Gasteiger partial charge in [0.1, 0.15) is 21.4 Å². The summed E-state index contributed by atoms with van der Waals surface area (Å²) in [5.41, 5.74) is 1.44. The number of aromatic nitrogens is 4. The van der Waals surface area contributed by atoms with Crippen LogP contribution in [-0.2, 0) is 0 Å². The molecule has 0 amide bonds. The maximum Gasteiger partial charge on any atom is 0.254 e. The Balaban J connectivity index is 2.34. The van der Waals surface area contributed by atoms with E-state index in [2.05, 4.69) is 46.9 Å². The predicted octanol–water partition coefficient (Wildman–Crippen LogP) is 3.46. The van der Waals surface area contributed by atoms with Gasteiger partial charge in [0.25, 0.3) is 5.78 Å². The topological polar surface area (TPSA) is 43.1 Å². The molecule has 0 N–H and O–H groups in total. The summed E-state index contributed by atoms with van der Waals surface area (Å²) in [6.07, 6.45) is 1.41. The molecule has 7 heteroatoms. The van der Waals surface area contributed by atoms with Crippen LogP contribution in [0, 0.1) is 5.82 Å². The number of fused-ring (bicyclic) bond motifs is 1. The summed E-state index contributed by atoms with van der Waals surface area (Å²) < 4.78 is 16.1. The van der Waals surface area contributed by atoms with E-state index in [-0.39, 0.29) is 5.82 Å². The first-order valence-corrected chi connectivity index (χ1v) is 6.56. The van der Waals surface area contributed by atoms with Gasteiger partial charge in [-0.3, -0.25) is 0 Å². The van der Waals surface area contributed by atoms with Crippen LogP contribution in [0.2, 0.25) is 0 Å². The fourth-order valence-corrected chi connectivity index (χ4v) is 3.18. The van der Waals surface area contributed by atoms with E-state index in [1.165, 1.54) is 18.5 Å². The van der Waals surface area contributed by atoms with Crippen molar-refractivity contribution in [2.45, 2.75) is 0 Å². The second-order valence-corrected chi connectivity index (χ2v) is 5.05. The van der Waals surface area contributed by atoms with Crippen LogP contribution in [-0.4, -0.2) is 19.6 Å². The van der Waals surface area contributed by atoms with Crippen molar-refractivity contribution in [3.8, 4) is 11.1 Å². The monoisotopic (exact) mass is 370 g/mol. The second kappa shape index (κ2) is 4.40. The Morgan fingerprint density at radius 2 is 2.06 bits per heavy atom. The summed E-state index contributed by atoms with van der Waals surface area (Å²) in [4.78, 5) is 8.26. The molecule has 0 saturated carbocycles. The van der Waals surface area contributed by atoms with Crippen LogP contribution in [0.15, 0.2) is 39.8 Å². The molecule has 0 radical (unpaired) electrons. The van der Waals surface area contributed by atoms with Crippen molar-refractivity contribution in [3.05, 3.63) is 45.6 Å². The summed E-state index contributed by atoms with van der Waals surface area (Å²) in [7, 11) is 0. The highest BCUT2D eigenvalue weighted by atomic mass is 79.9. The third-order valence-electron chi connectivity index (χ3n) is 2.44. The Morgan fingerprint density at radius 3 is 2.83 bits per heavy atom. The highest BCUT2D eigenvalue weighted by Crippen LogP contribution is 2.34. The molecule has 0 spiro atoms. The Kier molecular flexibility index (Phi) is 2.87. The van der Waals surface area contributed by atoms with Crippen molar-refractivity contribution in [1.82, 2.24) is 19.6 Å². The molecule has 1 aromatic carbocycles. The standard InChI is InChI=1S/C11H5Br2FN4/c12-9-8(6-2-1-3-7(14)4-6)10(13)18-11(17-9)15-5-16-18/h1-5H. The van der Waals surface area contributed by atoms with Gasteiger partial charge in [-0.2, -0.15) is 14.6 Å². The van der Waals surface area contributed by atoms with E-state index in [0.29, 0.717) is 20.5 Å². The van der Waals surface area contributed by atoms with Gasteiger partial charge in [0, 0.05) is 5.56 Å². The SMILES string of the molecule is Fc1cccc(-c2c(Br)nc3ncnn3c2Br)c1. The fraction of sp³-hybridized carbons (Fsp3) is 0. The molecular formula is C11H5Br2FN4. The first kappa shape index (κ1) is 11.7. The van der Waals surface area contributed by atoms with Gasteiger partial charge in [0.15, 0.2) is 0 Å². The first-order valence-electron chi connectivity index (χ1n) is 4.97. The lowest BCUT2D eigenvalue weighted by atomic mass is 10.1. The third-order valence-corrected chi connectivity index (χ3v) is 3.75. The molecule has 0 atom stereocenters. The van der Waals surface area contributed by atoms with Crippen LogP contribution in [0.1, 0.15) is 0 Å². The van der Waals surface area contributed by atoms with Crippen LogP contribution in [0.4, 0.5) is 4.39 Å². The molecule has 3 rings (SSSR count). The Labute approximate surface area is 118 Å². The zero-order chi connectivity index (χ0) is 12.7. The highest BCUT2D eigenvalue weighted by Gasteiger charge is 2.15. The molecule has 0 aliphatic carbocycles.